The summed E-state index contributed by atoms with van der Waals surface area (Å²) in [6, 6.07) is 13.8. The van der Waals surface area contributed by atoms with E-state index in [9.17, 15) is 5.11 Å². The van der Waals surface area contributed by atoms with E-state index in [0.29, 0.717) is 33.2 Å². The van der Waals surface area contributed by atoms with Crippen molar-refractivity contribution in [3.05, 3.63) is 52.5 Å². The highest BCUT2D eigenvalue weighted by molar-refractivity contribution is 9.10. The Labute approximate surface area is 191 Å². The fourth-order valence-corrected chi connectivity index (χ4v) is 4.01. The van der Waals surface area contributed by atoms with E-state index in [0.717, 1.165) is 54.4 Å². The summed E-state index contributed by atoms with van der Waals surface area (Å²) >= 11 is 3.40. The van der Waals surface area contributed by atoms with Gasteiger partial charge in [-0.05, 0) is 42.0 Å². The van der Waals surface area contributed by atoms with Crippen LogP contribution in [0.5, 0.6) is 17.2 Å². The van der Waals surface area contributed by atoms with E-state index >= 15 is 0 Å². The summed E-state index contributed by atoms with van der Waals surface area (Å²) in [6.45, 7) is 6.90. The molecule has 4 rings (SSSR count). The summed E-state index contributed by atoms with van der Waals surface area (Å²) in [5, 5.41) is 10.3. The van der Waals surface area contributed by atoms with Gasteiger partial charge in [0.25, 0.3) is 0 Å². The lowest BCUT2D eigenvalue weighted by atomic mass is 10.1. The van der Waals surface area contributed by atoms with Crippen molar-refractivity contribution < 1.29 is 24.1 Å². The van der Waals surface area contributed by atoms with Gasteiger partial charge in [0.1, 0.15) is 12.4 Å². The predicted octanol–water partition coefficient (Wildman–Crippen LogP) is 2.75. The van der Waals surface area contributed by atoms with Gasteiger partial charge in [0, 0.05) is 43.7 Å². The minimum absolute atomic E-state index is 0.307. The van der Waals surface area contributed by atoms with Gasteiger partial charge in [-0.1, -0.05) is 22.0 Å². The predicted molar refractivity (Wildman–Crippen MR) is 121 cm³/mol. The summed E-state index contributed by atoms with van der Waals surface area (Å²) in [4.78, 5) is 4.72. The van der Waals surface area contributed by atoms with Gasteiger partial charge in [0.2, 0.25) is 6.79 Å². The summed E-state index contributed by atoms with van der Waals surface area (Å²) in [6.07, 6.45) is -0.493. The molecule has 0 aliphatic carbocycles. The van der Waals surface area contributed by atoms with Crippen LogP contribution in [0.4, 0.5) is 0 Å². The zero-order chi connectivity index (χ0) is 21.5. The van der Waals surface area contributed by atoms with Gasteiger partial charge in [0.15, 0.2) is 11.5 Å². The molecule has 2 aliphatic heterocycles. The Kier molecular flexibility index (Phi) is 8.04. The number of ether oxygens (including phenoxy) is 4. The third-order valence-corrected chi connectivity index (χ3v) is 5.93. The molecule has 0 spiro atoms. The third-order valence-electron chi connectivity index (χ3n) is 5.40. The molecule has 1 atom stereocenters. The van der Waals surface area contributed by atoms with Crippen LogP contribution in [0.15, 0.2) is 46.9 Å². The maximum Gasteiger partial charge on any atom is 0.231 e. The van der Waals surface area contributed by atoms with Crippen molar-refractivity contribution in [1.29, 1.82) is 0 Å². The first kappa shape index (κ1) is 22.4. The van der Waals surface area contributed by atoms with Crippen LogP contribution >= 0.6 is 15.9 Å². The molecule has 2 aliphatic rings. The average molecular weight is 493 g/mol. The Bertz CT molecular complexity index is 827. The van der Waals surface area contributed by atoms with Gasteiger partial charge in [0.05, 0.1) is 19.3 Å². The number of piperazine rings is 1. The minimum Gasteiger partial charge on any atom is -0.491 e. The first-order valence-corrected chi connectivity index (χ1v) is 11.4. The van der Waals surface area contributed by atoms with E-state index in [4.69, 9.17) is 18.9 Å². The number of fused-ring (bicyclic) bond motifs is 1. The van der Waals surface area contributed by atoms with Crippen molar-refractivity contribution in [1.82, 2.24) is 9.80 Å². The minimum atomic E-state index is -0.493. The molecule has 0 bridgehead atoms. The van der Waals surface area contributed by atoms with Gasteiger partial charge in [-0.3, -0.25) is 9.80 Å². The highest BCUT2D eigenvalue weighted by Crippen LogP contribution is 2.32. The second-order valence-corrected chi connectivity index (χ2v) is 8.71. The highest BCUT2D eigenvalue weighted by atomic mass is 79.9. The molecule has 8 heteroatoms. The number of nitrogens with zero attached hydrogens (tertiary/aromatic N) is 2. The highest BCUT2D eigenvalue weighted by Gasteiger charge is 2.20. The molecule has 1 saturated heterocycles. The molecule has 0 amide bonds. The molecule has 2 aromatic rings. The van der Waals surface area contributed by atoms with E-state index in [-0.39, 0.29) is 0 Å². The zero-order valence-electron chi connectivity index (χ0n) is 17.5. The van der Waals surface area contributed by atoms with Crippen LogP contribution in [0, 0.1) is 0 Å². The molecule has 1 N–H and O–H groups in total. The van der Waals surface area contributed by atoms with E-state index in [1.54, 1.807) is 0 Å². The van der Waals surface area contributed by atoms with Crippen LogP contribution in [-0.2, 0) is 11.3 Å². The van der Waals surface area contributed by atoms with Crippen molar-refractivity contribution in [2.45, 2.75) is 12.6 Å². The maximum atomic E-state index is 10.3. The lowest BCUT2D eigenvalue weighted by Gasteiger charge is -2.35. The summed E-state index contributed by atoms with van der Waals surface area (Å²) < 4.78 is 23.1. The van der Waals surface area contributed by atoms with Crippen molar-refractivity contribution in [2.24, 2.45) is 0 Å². The second kappa shape index (κ2) is 11.2. The fraction of sp³-hybridized carbons (Fsp3) is 0.478. The van der Waals surface area contributed by atoms with Crippen molar-refractivity contribution in [3.63, 3.8) is 0 Å². The Balaban J connectivity index is 1.08. The number of halogens is 1. The number of hydrogen-bond donors (Lipinski definition) is 1. The monoisotopic (exact) mass is 492 g/mol. The van der Waals surface area contributed by atoms with Crippen LogP contribution in [0.2, 0.25) is 0 Å². The molecule has 2 heterocycles. The van der Waals surface area contributed by atoms with Gasteiger partial charge in [-0.15, -0.1) is 0 Å². The van der Waals surface area contributed by atoms with Crippen LogP contribution < -0.4 is 14.2 Å². The first-order valence-electron chi connectivity index (χ1n) is 10.6. The molecule has 168 valence electrons. The largest absolute Gasteiger partial charge is 0.491 e. The Hall–Kier alpha value is -1.84. The number of aliphatic hydroxyl groups is 1. The molecule has 2 aromatic carbocycles. The van der Waals surface area contributed by atoms with Crippen LogP contribution in [0.1, 0.15) is 5.56 Å². The zero-order valence-corrected chi connectivity index (χ0v) is 19.1. The Morgan fingerprint density at radius 3 is 2.48 bits per heavy atom. The number of hydrogen-bond acceptors (Lipinski definition) is 7. The molecule has 0 saturated carbocycles. The van der Waals surface area contributed by atoms with Gasteiger partial charge < -0.3 is 24.1 Å². The Morgan fingerprint density at radius 1 is 0.935 bits per heavy atom. The second-order valence-electron chi connectivity index (χ2n) is 7.80. The van der Waals surface area contributed by atoms with Crippen molar-refractivity contribution in [3.8, 4) is 17.2 Å². The number of β-amino-alcohol motifs (C(OH)–C–C–N with tert-alkyl or cyclic N) is 1. The van der Waals surface area contributed by atoms with E-state index in [1.165, 1.54) is 5.56 Å². The summed E-state index contributed by atoms with van der Waals surface area (Å²) in [7, 11) is 0. The lowest BCUT2D eigenvalue weighted by Crippen LogP contribution is -2.48. The fourth-order valence-electron chi connectivity index (χ4n) is 3.75. The summed E-state index contributed by atoms with van der Waals surface area (Å²) in [5.74, 6) is 2.47. The standard InChI is InChI=1S/C23H29BrN2O5/c24-19-2-4-21(5-3-19)29-12-11-28-16-20(27)15-26-9-7-25(8-10-26)14-18-1-6-22-23(13-18)31-17-30-22/h1-6,13,20,27H,7-12,14-17H2/t20-/m0/s1. The molecular formula is C23H29BrN2O5. The van der Waals surface area contributed by atoms with Gasteiger partial charge >= 0.3 is 0 Å². The topological polar surface area (TPSA) is 63.6 Å². The van der Waals surface area contributed by atoms with Crippen molar-refractivity contribution in [2.75, 3.05) is 59.3 Å². The smallest absolute Gasteiger partial charge is 0.231 e. The normalized spacial score (nSPS) is 17.6. The molecule has 31 heavy (non-hydrogen) atoms. The number of benzene rings is 2. The molecule has 0 unspecified atom stereocenters. The summed E-state index contributed by atoms with van der Waals surface area (Å²) in [5.41, 5.74) is 1.23. The van der Waals surface area contributed by atoms with E-state index < -0.39 is 6.10 Å². The van der Waals surface area contributed by atoms with Crippen LogP contribution in [-0.4, -0.2) is 80.3 Å². The van der Waals surface area contributed by atoms with Crippen LogP contribution in [0.3, 0.4) is 0 Å². The number of rotatable bonds is 10. The Morgan fingerprint density at radius 2 is 1.68 bits per heavy atom. The molecule has 0 aromatic heterocycles. The molecule has 1 fully saturated rings. The van der Waals surface area contributed by atoms with Gasteiger partial charge in [-0.2, -0.15) is 0 Å². The third kappa shape index (κ3) is 6.82. The lowest BCUT2D eigenvalue weighted by molar-refractivity contribution is -0.000439. The molecule has 7 nitrogen and oxygen atoms in total. The molecule has 0 radical (unpaired) electrons. The first-order chi connectivity index (χ1) is 15.2. The number of aliphatic hydroxyl groups excluding tert-OH is 1. The quantitative estimate of drug-likeness (QED) is 0.511. The molecular weight excluding hydrogens is 464 g/mol. The van der Waals surface area contributed by atoms with E-state index in [1.807, 2.05) is 30.3 Å². The van der Waals surface area contributed by atoms with Crippen molar-refractivity contribution >= 4 is 15.9 Å². The SMILES string of the molecule is O[C@H](COCCOc1ccc(Br)cc1)CN1CCN(Cc2ccc3c(c2)OCO3)CC1. The average Bonchev–Trinajstić information content (AvgIpc) is 3.24. The van der Waals surface area contributed by atoms with Crippen LogP contribution in [0.25, 0.3) is 0 Å². The van der Waals surface area contributed by atoms with Gasteiger partial charge in [-0.25, -0.2) is 0 Å². The maximum absolute atomic E-state index is 10.3. The van der Waals surface area contributed by atoms with E-state index in [2.05, 4.69) is 37.9 Å².